The summed E-state index contributed by atoms with van der Waals surface area (Å²) in [7, 11) is 0. The summed E-state index contributed by atoms with van der Waals surface area (Å²) in [6.45, 7) is 8.33. The molecule has 4 rings (SSSR count). The van der Waals surface area contributed by atoms with Gasteiger partial charge in [0.15, 0.2) is 5.75 Å². The number of hydrogen-bond donors (Lipinski definition) is 3. The van der Waals surface area contributed by atoms with Gasteiger partial charge in [0.05, 0.1) is 11.1 Å². The van der Waals surface area contributed by atoms with Crippen molar-refractivity contribution in [2.75, 3.05) is 6.54 Å². The Balaban J connectivity index is 1.83. The number of rotatable bonds is 3. The number of aromatic amines is 1. The third kappa shape index (κ3) is 2.50. The molecule has 0 spiro atoms. The van der Waals surface area contributed by atoms with Crippen molar-refractivity contribution >= 4 is 22.4 Å². The van der Waals surface area contributed by atoms with Crippen LogP contribution in [0.15, 0.2) is 29.5 Å². The maximum atomic E-state index is 11.1. The summed E-state index contributed by atoms with van der Waals surface area (Å²) in [4.78, 5) is 14.3. The highest BCUT2D eigenvalue weighted by Gasteiger charge is 2.38. The zero-order valence-corrected chi connectivity index (χ0v) is 15.6. The van der Waals surface area contributed by atoms with Crippen molar-refractivity contribution in [3.8, 4) is 11.5 Å². The molecule has 5 nitrogen and oxygen atoms in total. The number of fused-ring (bicyclic) bond motifs is 3. The predicted octanol–water partition coefficient (Wildman–Crippen LogP) is 3.83. The SMILES string of the molecule is CC(=O)NCCc1c[nH]c2c(O)c3c(cc12)OC(C)(C)C1=C3C=C(C)C1. The van der Waals surface area contributed by atoms with E-state index in [0.29, 0.717) is 18.7 Å². The minimum absolute atomic E-state index is 0.0435. The Labute approximate surface area is 152 Å². The third-order valence-corrected chi connectivity index (χ3v) is 5.30. The van der Waals surface area contributed by atoms with E-state index in [1.165, 1.54) is 18.1 Å². The van der Waals surface area contributed by atoms with Gasteiger partial charge in [0.1, 0.15) is 11.4 Å². The lowest BCUT2D eigenvalue weighted by Gasteiger charge is -2.35. The number of allylic oxidation sites excluding steroid dienone is 3. The van der Waals surface area contributed by atoms with Crippen molar-refractivity contribution in [2.45, 2.75) is 46.1 Å². The Hall–Kier alpha value is -2.69. The van der Waals surface area contributed by atoms with Crippen LogP contribution in [0, 0.1) is 0 Å². The molecule has 0 saturated heterocycles. The average molecular weight is 352 g/mol. The van der Waals surface area contributed by atoms with Gasteiger partial charge in [-0.1, -0.05) is 11.6 Å². The summed E-state index contributed by atoms with van der Waals surface area (Å²) in [5.41, 5.74) is 5.72. The molecule has 1 aromatic heterocycles. The topological polar surface area (TPSA) is 74.4 Å². The summed E-state index contributed by atoms with van der Waals surface area (Å²) in [6.07, 6.45) is 5.62. The maximum Gasteiger partial charge on any atom is 0.216 e. The number of benzene rings is 1. The summed E-state index contributed by atoms with van der Waals surface area (Å²) in [6, 6.07) is 2.01. The fraction of sp³-hybridized carbons (Fsp3) is 0.381. The molecule has 1 aliphatic heterocycles. The number of carbonyl (C=O) groups is 1. The van der Waals surface area contributed by atoms with E-state index in [1.54, 1.807) is 0 Å². The number of hydrogen-bond acceptors (Lipinski definition) is 3. The minimum Gasteiger partial charge on any atom is -0.505 e. The lowest BCUT2D eigenvalue weighted by Crippen LogP contribution is -2.33. The Morgan fingerprint density at radius 2 is 2.19 bits per heavy atom. The molecule has 0 radical (unpaired) electrons. The molecule has 0 atom stereocenters. The number of amides is 1. The van der Waals surface area contributed by atoms with Crippen LogP contribution in [0.3, 0.4) is 0 Å². The molecule has 2 aromatic rings. The molecule has 0 unspecified atom stereocenters. The van der Waals surface area contributed by atoms with Crippen LogP contribution in [-0.2, 0) is 11.2 Å². The molecule has 2 heterocycles. The zero-order chi connectivity index (χ0) is 18.6. The summed E-state index contributed by atoms with van der Waals surface area (Å²) >= 11 is 0. The first-order valence-electron chi connectivity index (χ1n) is 8.98. The summed E-state index contributed by atoms with van der Waals surface area (Å²) in [5, 5.41) is 14.7. The summed E-state index contributed by atoms with van der Waals surface area (Å²) < 4.78 is 6.30. The van der Waals surface area contributed by atoms with E-state index >= 15 is 0 Å². The Morgan fingerprint density at radius 3 is 2.92 bits per heavy atom. The first kappa shape index (κ1) is 16.8. The predicted molar refractivity (Wildman–Crippen MR) is 102 cm³/mol. The van der Waals surface area contributed by atoms with Gasteiger partial charge in [0.25, 0.3) is 0 Å². The molecule has 5 heteroatoms. The molecule has 26 heavy (non-hydrogen) atoms. The normalized spacial score (nSPS) is 17.6. The van der Waals surface area contributed by atoms with Gasteiger partial charge < -0.3 is 20.1 Å². The highest BCUT2D eigenvalue weighted by molar-refractivity contribution is 5.99. The van der Waals surface area contributed by atoms with E-state index in [0.717, 1.165) is 34.0 Å². The van der Waals surface area contributed by atoms with Gasteiger partial charge in [0, 0.05) is 25.1 Å². The van der Waals surface area contributed by atoms with Crippen molar-refractivity contribution in [2.24, 2.45) is 0 Å². The van der Waals surface area contributed by atoms with Crippen molar-refractivity contribution in [3.63, 3.8) is 0 Å². The number of aromatic nitrogens is 1. The molecule has 1 aliphatic carbocycles. The van der Waals surface area contributed by atoms with Gasteiger partial charge >= 0.3 is 0 Å². The van der Waals surface area contributed by atoms with Crippen LogP contribution >= 0.6 is 0 Å². The zero-order valence-electron chi connectivity index (χ0n) is 15.6. The number of phenols is 1. The quantitative estimate of drug-likeness (QED) is 0.786. The van der Waals surface area contributed by atoms with E-state index in [9.17, 15) is 9.90 Å². The number of ether oxygens (including phenoxy) is 1. The fourth-order valence-electron chi connectivity index (χ4n) is 4.06. The number of phenolic OH excluding ortho intramolecular Hbond substituents is 1. The lowest BCUT2D eigenvalue weighted by molar-refractivity contribution is -0.118. The lowest BCUT2D eigenvalue weighted by atomic mass is 9.86. The van der Waals surface area contributed by atoms with Crippen LogP contribution < -0.4 is 10.1 Å². The number of H-pyrrole nitrogens is 1. The number of aromatic hydroxyl groups is 1. The molecule has 1 aromatic carbocycles. The van der Waals surface area contributed by atoms with Gasteiger partial charge in [-0.25, -0.2) is 0 Å². The minimum atomic E-state index is -0.399. The van der Waals surface area contributed by atoms with Crippen LogP contribution in [-0.4, -0.2) is 28.1 Å². The standard InChI is InChI=1S/C21H24N2O3/c1-11-7-15-16(8-11)21(3,4)26-17-9-14-13(5-6-22-12(2)24)10-23-19(14)20(25)18(15)17/h7,9-10,23,25H,5-6,8H2,1-4H3,(H,22,24). The molecule has 1 amide bonds. The van der Waals surface area contributed by atoms with Crippen LogP contribution in [0.4, 0.5) is 0 Å². The highest BCUT2D eigenvalue weighted by Crippen LogP contribution is 2.52. The van der Waals surface area contributed by atoms with Gasteiger partial charge in [-0.05, 0) is 56.4 Å². The average Bonchev–Trinajstić information content (AvgIpc) is 3.11. The molecular weight excluding hydrogens is 328 g/mol. The van der Waals surface area contributed by atoms with Crippen molar-refractivity contribution in [3.05, 3.63) is 40.6 Å². The van der Waals surface area contributed by atoms with E-state index < -0.39 is 5.60 Å². The van der Waals surface area contributed by atoms with Crippen LogP contribution in [0.5, 0.6) is 11.5 Å². The smallest absolute Gasteiger partial charge is 0.216 e. The van der Waals surface area contributed by atoms with Gasteiger partial charge in [-0.15, -0.1) is 0 Å². The van der Waals surface area contributed by atoms with Crippen LogP contribution in [0.2, 0.25) is 0 Å². The van der Waals surface area contributed by atoms with E-state index in [4.69, 9.17) is 4.74 Å². The molecule has 0 fully saturated rings. The highest BCUT2D eigenvalue weighted by atomic mass is 16.5. The second-order valence-corrected chi connectivity index (χ2v) is 7.74. The molecule has 136 valence electrons. The molecule has 0 saturated carbocycles. The van der Waals surface area contributed by atoms with Gasteiger partial charge in [-0.3, -0.25) is 4.79 Å². The second kappa shape index (κ2) is 5.66. The third-order valence-electron chi connectivity index (χ3n) is 5.30. The van der Waals surface area contributed by atoms with Crippen molar-refractivity contribution in [1.82, 2.24) is 10.3 Å². The number of carbonyl (C=O) groups excluding carboxylic acids is 1. The van der Waals surface area contributed by atoms with Gasteiger partial charge in [0.2, 0.25) is 5.91 Å². The Morgan fingerprint density at radius 1 is 1.42 bits per heavy atom. The van der Waals surface area contributed by atoms with Crippen LogP contribution in [0.1, 0.15) is 45.2 Å². The second-order valence-electron chi connectivity index (χ2n) is 7.74. The maximum absolute atomic E-state index is 11.1. The number of nitrogens with one attached hydrogen (secondary N) is 2. The van der Waals surface area contributed by atoms with Crippen molar-refractivity contribution in [1.29, 1.82) is 0 Å². The van der Waals surface area contributed by atoms with E-state index in [-0.39, 0.29) is 11.7 Å². The Kier molecular flexibility index (Phi) is 3.65. The first-order valence-corrected chi connectivity index (χ1v) is 8.98. The van der Waals surface area contributed by atoms with Crippen LogP contribution in [0.25, 0.3) is 16.5 Å². The first-order chi connectivity index (χ1) is 12.3. The Bertz CT molecular complexity index is 992. The van der Waals surface area contributed by atoms with E-state index in [2.05, 4.69) is 37.1 Å². The van der Waals surface area contributed by atoms with E-state index in [1.807, 2.05) is 12.3 Å². The fourth-order valence-corrected chi connectivity index (χ4v) is 4.06. The molecular formula is C21H24N2O3. The monoisotopic (exact) mass is 352 g/mol. The molecule has 3 N–H and O–H groups in total. The molecule has 2 aliphatic rings. The molecule has 0 bridgehead atoms. The van der Waals surface area contributed by atoms with Crippen molar-refractivity contribution < 1.29 is 14.6 Å². The van der Waals surface area contributed by atoms with Gasteiger partial charge in [-0.2, -0.15) is 0 Å². The summed E-state index contributed by atoms with van der Waals surface area (Å²) in [5.74, 6) is 0.903. The largest absolute Gasteiger partial charge is 0.505 e.